The van der Waals surface area contributed by atoms with Crippen LogP contribution in [0.2, 0.25) is 0 Å². The van der Waals surface area contributed by atoms with Crippen LogP contribution in [0.4, 0.5) is 0 Å². The largest absolute Gasteiger partial charge is 0.455 e. The minimum absolute atomic E-state index is 0.0391. The Morgan fingerprint density at radius 3 is 2.62 bits per heavy atom. The number of thiophene rings is 1. The van der Waals surface area contributed by atoms with E-state index in [0.717, 1.165) is 11.3 Å². The van der Waals surface area contributed by atoms with Crippen LogP contribution in [0.15, 0.2) is 52.9 Å². The van der Waals surface area contributed by atoms with Gasteiger partial charge in [0.15, 0.2) is 12.4 Å². The van der Waals surface area contributed by atoms with Gasteiger partial charge in [0, 0.05) is 12.8 Å². The lowest BCUT2D eigenvalue weighted by Crippen LogP contribution is -2.28. The quantitative estimate of drug-likeness (QED) is 0.555. The topological polar surface area (TPSA) is 76.0 Å². The third kappa shape index (κ3) is 4.64. The highest BCUT2D eigenvalue weighted by molar-refractivity contribution is 7.12. The molecule has 0 spiro atoms. The van der Waals surface area contributed by atoms with E-state index in [2.05, 4.69) is 5.10 Å². The van der Waals surface area contributed by atoms with Crippen LogP contribution in [-0.2, 0) is 14.3 Å². The number of esters is 1. The maximum atomic E-state index is 12.1. The first-order chi connectivity index (χ1) is 12.6. The Labute approximate surface area is 155 Å². The third-order valence-electron chi connectivity index (χ3n) is 3.91. The molecule has 0 saturated heterocycles. The van der Waals surface area contributed by atoms with Crippen molar-refractivity contribution in [3.05, 3.63) is 58.3 Å². The monoisotopic (exact) mass is 370 g/mol. The van der Waals surface area contributed by atoms with Crippen molar-refractivity contribution in [3.8, 4) is 0 Å². The van der Waals surface area contributed by atoms with E-state index in [1.807, 2.05) is 35.7 Å². The van der Waals surface area contributed by atoms with Gasteiger partial charge >= 0.3 is 5.97 Å². The van der Waals surface area contributed by atoms with E-state index in [1.165, 1.54) is 16.3 Å². The molecule has 6 nitrogen and oxygen atoms in total. The van der Waals surface area contributed by atoms with E-state index >= 15 is 0 Å². The summed E-state index contributed by atoms with van der Waals surface area (Å²) < 4.78 is 4.98. The van der Waals surface area contributed by atoms with Gasteiger partial charge in [-0.3, -0.25) is 14.4 Å². The number of hydrazone groups is 1. The van der Waals surface area contributed by atoms with Gasteiger partial charge in [-0.05, 0) is 17.0 Å². The van der Waals surface area contributed by atoms with Crippen LogP contribution in [-0.4, -0.2) is 41.5 Å². The van der Waals surface area contributed by atoms with Crippen molar-refractivity contribution in [2.45, 2.75) is 19.3 Å². The molecule has 1 aliphatic rings. The number of hydrogen-bond donors (Lipinski definition) is 0. The second kappa shape index (κ2) is 8.53. The van der Waals surface area contributed by atoms with Gasteiger partial charge in [-0.2, -0.15) is 5.10 Å². The van der Waals surface area contributed by atoms with Crippen molar-refractivity contribution >= 4 is 34.7 Å². The molecular weight excluding hydrogens is 352 g/mol. The minimum Gasteiger partial charge on any atom is -0.455 e. The molecule has 1 aromatic heterocycles. The average Bonchev–Trinajstić information content (AvgIpc) is 3.37. The summed E-state index contributed by atoms with van der Waals surface area (Å²) in [5.41, 5.74) is 1.82. The summed E-state index contributed by atoms with van der Waals surface area (Å²) in [6, 6.07) is 13.1. The Kier molecular flexibility index (Phi) is 5.91. The standard InChI is InChI=1S/C19H18N2O4S/c22-16(17-7-4-12-26-17)8-9-19(24)25-13-18(23)21-11-10-15(20-21)14-5-2-1-3-6-14/h1-7,12H,8-11,13H2. The fourth-order valence-electron chi connectivity index (χ4n) is 2.54. The second-order valence-electron chi connectivity index (χ2n) is 5.74. The second-order valence-corrected chi connectivity index (χ2v) is 6.69. The molecule has 1 aliphatic heterocycles. The lowest BCUT2D eigenvalue weighted by atomic mass is 10.1. The number of rotatable bonds is 7. The number of ether oxygens (including phenoxy) is 1. The number of carbonyl (C=O) groups is 3. The van der Waals surface area contributed by atoms with Crippen LogP contribution in [0.25, 0.3) is 0 Å². The summed E-state index contributed by atoms with van der Waals surface area (Å²) in [6.07, 6.45) is 0.703. The normalized spacial score (nSPS) is 13.4. The number of Topliss-reactive ketones (excluding diaryl/α,β-unsaturated/α-hetero) is 1. The van der Waals surface area contributed by atoms with E-state index in [9.17, 15) is 14.4 Å². The maximum Gasteiger partial charge on any atom is 0.306 e. The highest BCUT2D eigenvalue weighted by Crippen LogP contribution is 2.14. The van der Waals surface area contributed by atoms with Gasteiger partial charge in [0.25, 0.3) is 5.91 Å². The maximum absolute atomic E-state index is 12.1. The summed E-state index contributed by atoms with van der Waals surface area (Å²) in [4.78, 5) is 36.3. The molecule has 0 atom stereocenters. The molecule has 3 rings (SSSR count). The average molecular weight is 370 g/mol. The Balaban J connectivity index is 1.43. The Hall–Kier alpha value is -2.80. The summed E-state index contributed by atoms with van der Waals surface area (Å²) >= 11 is 1.34. The van der Waals surface area contributed by atoms with Crippen LogP contribution in [0.3, 0.4) is 0 Å². The van der Waals surface area contributed by atoms with Gasteiger partial charge in [0.2, 0.25) is 0 Å². The van der Waals surface area contributed by atoms with Gasteiger partial charge in [-0.1, -0.05) is 36.4 Å². The summed E-state index contributed by atoms with van der Waals surface area (Å²) in [5, 5.41) is 7.44. The van der Waals surface area contributed by atoms with Crippen molar-refractivity contribution in [1.29, 1.82) is 0 Å². The Morgan fingerprint density at radius 1 is 1.08 bits per heavy atom. The van der Waals surface area contributed by atoms with Crippen molar-refractivity contribution in [2.75, 3.05) is 13.2 Å². The van der Waals surface area contributed by atoms with E-state index in [4.69, 9.17) is 4.74 Å². The molecule has 0 bridgehead atoms. The molecule has 134 valence electrons. The first-order valence-corrected chi connectivity index (χ1v) is 9.17. The zero-order valence-corrected chi connectivity index (χ0v) is 14.9. The number of nitrogens with zero attached hydrogens (tertiary/aromatic N) is 2. The molecule has 1 amide bonds. The highest BCUT2D eigenvalue weighted by atomic mass is 32.1. The number of hydrogen-bond acceptors (Lipinski definition) is 6. The molecule has 7 heteroatoms. The predicted molar refractivity (Wildman–Crippen MR) is 98.2 cm³/mol. The zero-order valence-electron chi connectivity index (χ0n) is 14.1. The van der Waals surface area contributed by atoms with Crippen LogP contribution in [0.1, 0.15) is 34.5 Å². The number of benzene rings is 1. The van der Waals surface area contributed by atoms with Crippen molar-refractivity contribution in [1.82, 2.24) is 5.01 Å². The fraction of sp³-hybridized carbons (Fsp3) is 0.263. The smallest absolute Gasteiger partial charge is 0.306 e. The molecule has 0 fully saturated rings. The SMILES string of the molecule is O=C(CCC(=O)c1cccs1)OCC(=O)N1CCC(c2ccccc2)=N1. The highest BCUT2D eigenvalue weighted by Gasteiger charge is 2.22. The molecule has 1 aromatic carbocycles. The number of ketones is 1. The summed E-state index contributed by atoms with van der Waals surface area (Å²) in [5.74, 6) is -1.02. The Bertz CT molecular complexity index is 815. The lowest BCUT2D eigenvalue weighted by molar-refractivity contribution is -0.151. The number of carbonyl (C=O) groups excluding carboxylic acids is 3. The number of amides is 1. The van der Waals surface area contributed by atoms with Crippen LogP contribution >= 0.6 is 11.3 Å². The minimum atomic E-state index is -0.560. The van der Waals surface area contributed by atoms with Gasteiger partial charge in [-0.15, -0.1) is 11.3 Å². The molecule has 0 aliphatic carbocycles. The van der Waals surface area contributed by atoms with Crippen molar-refractivity contribution in [2.24, 2.45) is 5.10 Å². The van der Waals surface area contributed by atoms with Crippen LogP contribution in [0.5, 0.6) is 0 Å². The van der Waals surface area contributed by atoms with E-state index < -0.39 is 5.97 Å². The molecule has 26 heavy (non-hydrogen) atoms. The van der Waals surface area contributed by atoms with E-state index in [1.54, 1.807) is 12.1 Å². The van der Waals surface area contributed by atoms with E-state index in [0.29, 0.717) is 17.8 Å². The van der Waals surface area contributed by atoms with Crippen molar-refractivity contribution < 1.29 is 19.1 Å². The van der Waals surface area contributed by atoms with Gasteiger partial charge < -0.3 is 4.74 Å². The molecule has 0 saturated carbocycles. The molecule has 0 radical (unpaired) electrons. The van der Waals surface area contributed by atoms with E-state index in [-0.39, 0.29) is 31.1 Å². The van der Waals surface area contributed by atoms with Crippen LogP contribution < -0.4 is 0 Å². The predicted octanol–water partition coefficient (Wildman–Crippen LogP) is 2.89. The summed E-state index contributed by atoms with van der Waals surface area (Å²) in [6.45, 7) is 0.106. The molecular formula is C19H18N2O4S. The van der Waals surface area contributed by atoms with Gasteiger partial charge in [-0.25, -0.2) is 5.01 Å². The molecule has 0 unspecified atom stereocenters. The first-order valence-electron chi connectivity index (χ1n) is 8.29. The van der Waals surface area contributed by atoms with Crippen molar-refractivity contribution in [3.63, 3.8) is 0 Å². The molecule has 2 aromatic rings. The molecule has 0 N–H and O–H groups in total. The first kappa shape index (κ1) is 18.0. The third-order valence-corrected chi connectivity index (χ3v) is 4.82. The lowest BCUT2D eigenvalue weighted by Gasteiger charge is -2.11. The van der Waals surface area contributed by atoms with Gasteiger partial charge in [0.05, 0.1) is 23.6 Å². The fourth-order valence-corrected chi connectivity index (χ4v) is 3.23. The van der Waals surface area contributed by atoms with Gasteiger partial charge in [0.1, 0.15) is 0 Å². The zero-order chi connectivity index (χ0) is 18.4. The Morgan fingerprint density at radius 2 is 1.88 bits per heavy atom. The van der Waals surface area contributed by atoms with Crippen LogP contribution in [0, 0.1) is 0 Å². The summed E-state index contributed by atoms with van der Waals surface area (Å²) in [7, 11) is 0. The molecule has 2 heterocycles.